The number of rotatable bonds is 7. The number of benzene rings is 2. The molecule has 0 aliphatic heterocycles. The number of hydrogen-bond donors (Lipinski definition) is 0. The van der Waals surface area contributed by atoms with Crippen LogP contribution in [0.5, 0.6) is 0 Å². The van der Waals surface area contributed by atoms with Gasteiger partial charge in [0.2, 0.25) is 0 Å². The molecule has 0 fully saturated rings. The maximum atomic E-state index is 13.0. The van der Waals surface area contributed by atoms with E-state index in [2.05, 4.69) is 6.58 Å². The fraction of sp³-hybridized carbons (Fsp3) is 0.130. The Balaban J connectivity index is 2.02. The molecule has 0 bridgehead atoms. The van der Waals surface area contributed by atoms with Crippen LogP contribution in [0.2, 0.25) is 0 Å². The summed E-state index contributed by atoms with van der Waals surface area (Å²) in [6.45, 7) is 6.15. The van der Waals surface area contributed by atoms with Gasteiger partial charge in [0.05, 0.1) is 17.5 Å². The molecule has 1 aromatic heterocycles. The van der Waals surface area contributed by atoms with E-state index in [9.17, 15) is 9.59 Å². The lowest BCUT2D eigenvalue weighted by Gasteiger charge is -2.21. The Kier molecular flexibility index (Phi) is 5.67. The van der Waals surface area contributed by atoms with Gasteiger partial charge in [-0.25, -0.2) is 0 Å². The third kappa shape index (κ3) is 4.42. The molecule has 4 heteroatoms. The molecule has 0 aliphatic carbocycles. The molecule has 2 aromatic carbocycles. The van der Waals surface area contributed by atoms with Crippen LogP contribution >= 0.6 is 0 Å². The Hall–Kier alpha value is -3.40. The topological polar surface area (TPSA) is 50.5 Å². The van der Waals surface area contributed by atoms with Gasteiger partial charge >= 0.3 is 0 Å². The van der Waals surface area contributed by atoms with E-state index in [1.807, 2.05) is 47.4 Å². The molecule has 3 rings (SSSR count). The van der Waals surface area contributed by atoms with Crippen molar-refractivity contribution >= 4 is 22.8 Å². The largest absolute Gasteiger partial charge is 0.456 e. The second-order valence-electron chi connectivity index (χ2n) is 6.29. The lowest BCUT2D eigenvalue weighted by Crippen LogP contribution is -2.23. The van der Waals surface area contributed by atoms with Crippen molar-refractivity contribution in [1.82, 2.24) is 4.90 Å². The van der Waals surface area contributed by atoms with Crippen LogP contribution in [0.1, 0.15) is 23.8 Å². The monoisotopic (exact) mass is 359 g/mol. The molecule has 0 saturated heterocycles. The minimum absolute atomic E-state index is 0.0532. The molecule has 0 unspecified atom stereocenters. The minimum atomic E-state index is -0.0824. The average molecular weight is 359 g/mol. The molecular weight excluding hydrogens is 338 g/mol. The van der Waals surface area contributed by atoms with Gasteiger partial charge in [-0.05, 0) is 36.8 Å². The van der Waals surface area contributed by atoms with Gasteiger partial charge in [-0.1, -0.05) is 49.0 Å². The summed E-state index contributed by atoms with van der Waals surface area (Å²) in [6.07, 6.45) is 4.77. The molecule has 0 aliphatic rings. The summed E-state index contributed by atoms with van der Waals surface area (Å²) in [7, 11) is 0. The number of ketones is 1. The Morgan fingerprint density at radius 1 is 1.07 bits per heavy atom. The van der Waals surface area contributed by atoms with Crippen LogP contribution in [0.4, 0.5) is 0 Å². The third-order valence-corrected chi connectivity index (χ3v) is 4.22. The number of nitrogens with zero attached hydrogens (tertiary/aromatic N) is 1. The summed E-state index contributed by atoms with van der Waals surface area (Å²) in [5, 5.41) is 0.535. The summed E-state index contributed by atoms with van der Waals surface area (Å²) in [5.74, 6) is 0.399. The predicted octanol–water partition coefficient (Wildman–Crippen LogP) is 4.54. The SMILES string of the molecule is C=Cc1oc2ccccc2c(=O)c1CN(/C=C/C(C)=O)Cc1ccccc1. The number of carbonyl (C=O) groups excluding carboxylic acids is 1. The highest BCUT2D eigenvalue weighted by Crippen LogP contribution is 2.19. The summed E-state index contributed by atoms with van der Waals surface area (Å²) in [5.41, 5.74) is 2.06. The molecular formula is C23H21NO3. The van der Waals surface area contributed by atoms with E-state index in [4.69, 9.17) is 4.42 Å². The minimum Gasteiger partial charge on any atom is -0.456 e. The van der Waals surface area contributed by atoms with Gasteiger partial charge in [-0.2, -0.15) is 0 Å². The fourth-order valence-corrected chi connectivity index (χ4v) is 2.91. The van der Waals surface area contributed by atoms with E-state index in [1.165, 1.54) is 13.0 Å². The quantitative estimate of drug-likeness (QED) is 0.581. The van der Waals surface area contributed by atoms with Crippen LogP contribution < -0.4 is 5.43 Å². The standard InChI is InChI=1S/C23H21NO3/c1-3-21-20(23(26)19-11-7-8-12-22(19)27-21)16-24(14-13-17(2)25)15-18-9-5-4-6-10-18/h3-14H,1,15-16H2,2H3/b14-13+. The van der Waals surface area contributed by atoms with Crippen molar-refractivity contribution in [2.24, 2.45) is 0 Å². The maximum Gasteiger partial charge on any atom is 0.198 e. The third-order valence-electron chi connectivity index (χ3n) is 4.22. The van der Waals surface area contributed by atoms with Gasteiger partial charge in [-0.3, -0.25) is 9.59 Å². The number of fused-ring (bicyclic) bond motifs is 1. The van der Waals surface area contributed by atoms with E-state index >= 15 is 0 Å². The zero-order chi connectivity index (χ0) is 19.2. The van der Waals surface area contributed by atoms with E-state index in [0.717, 1.165) is 5.56 Å². The van der Waals surface area contributed by atoms with E-state index in [1.54, 1.807) is 24.4 Å². The van der Waals surface area contributed by atoms with Crippen molar-refractivity contribution < 1.29 is 9.21 Å². The first-order valence-corrected chi connectivity index (χ1v) is 8.72. The van der Waals surface area contributed by atoms with Gasteiger partial charge in [0.15, 0.2) is 11.2 Å². The van der Waals surface area contributed by atoms with Crippen LogP contribution in [-0.2, 0) is 17.9 Å². The molecule has 1 heterocycles. The van der Waals surface area contributed by atoms with Crippen LogP contribution in [0.25, 0.3) is 17.0 Å². The first-order valence-electron chi connectivity index (χ1n) is 8.72. The molecule has 0 saturated carbocycles. The van der Waals surface area contributed by atoms with E-state index in [-0.39, 0.29) is 11.2 Å². The Labute approximate surface area is 158 Å². The van der Waals surface area contributed by atoms with Gasteiger partial charge in [-0.15, -0.1) is 0 Å². The van der Waals surface area contributed by atoms with Crippen molar-refractivity contribution in [2.75, 3.05) is 0 Å². The van der Waals surface area contributed by atoms with Crippen molar-refractivity contribution in [3.8, 4) is 0 Å². The fourth-order valence-electron chi connectivity index (χ4n) is 2.91. The van der Waals surface area contributed by atoms with E-state index in [0.29, 0.717) is 35.4 Å². The van der Waals surface area contributed by atoms with E-state index < -0.39 is 0 Å². The van der Waals surface area contributed by atoms with Gasteiger partial charge in [0.1, 0.15) is 11.3 Å². The Bertz CT molecular complexity index is 1050. The van der Waals surface area contributed by atoms with Crippen molar-refractivity contribution in [2.45, 2.75) is 20.0 Å². The number of allylic oxidation sites excluding steroid dienone is 1. The highest BCUT2D eigenvalue weighted by Gasteiger charge is 2.15. The molecule has 4 nitrogen and oxygen atoms in total. The van der Waals surface area contributed by atoms with Crippen molar-refractivity contribution in [3.05, 3.63) is 101 Å². The molecule has 0 radical (unpaired) electrons. The highest BCUT2D eigenvalue weighted by molar-refractivity contribution is 5.87. The Morgan fingerprint density at radius 2 is 1.78 bits per heavy atom. The summed E-state index contributed by atoms with van der Waals surface area (Å²) < 4.78 is 5.86. The average Bonchev–Trinajstić information content (AvgIpc) is 2.68. The van der Waals surface area contributed by atoms with Gasteiger partial charge in [0.25, 0.3) is 0 Å². The van der Waals surface area contributed by atoms with Gasteiger partial charge < -0.3 is 9.32 Å². The number of hydrogen-bond acceptors (Lipinski definition) is 4. The van der Waals surface area contributed by atoms with Crippen LogP contribution in [0.15, 0.2) is 82.7 Å². The second-order valence-corrected chi connectivity index (χ2v) is 6.29. The van der Waals surface area contributed by atoms with Crippen LogP contribution in [-0.4, -0.2) is 10.7 Å². The smallest absolute Gasteiger partial charge is 0.198 e. The lowest BCUT2D eigenvalue weighted by molar-refractivity contribution is -0.112. The summed E-state index contributed by atoms with van der Waals surface area (Å²) >= 11 is 0. The molecule has 0 atom stereocenters. The maximum absolute atomic E-state index is 13.0. The van der Waals surface area contributed by atoms with Gasteiger partial charge in [0, 0.05) is 12.7 Å². The van der Waals surface area contributed by atoms with Crippen molar-refractivity contribution in [3.63, 3.8) is 0 Å². The summed E-state index contributed by atoms with van der Waals surface area (Å²) in [4.78, 5) is 26.3. The molecule has 0 N–H and O–H groups in total. The van der Waals surface area contributed by atoms with Crippen molar-refractivity contribution in [1.29, 1.82) is 0 Å². The number of carbonyl (C=O) groups is 1. The van der Waals surface area contributed by atoms with Crippen LogP contribution in [0.3, 0.4) is 0 Å². The molecule has 0 spiro atoms. The van der Waals surface area contributed by atoms with Crippen LogP contribution in [0, 0.1) is 0 Å². The normalized spacial score (nSPS) is 11.0. The Morgan fingerprint density at radius 3 is 2.48 bits per heavy atom. The molecule has 136 valence electrons. The number of para-hydroxylation sites is 1. The zero-order valence-electron chi connectivity index (χ0n) is 15.2. The summed E-state index contributed by atoms with van der Waals surface area (Å²) in [6, 6.07) is 17.0. The second kappa shape index (κ2) is 8.32. The first kappa shape index (κ1) is 18.4. The predicted molar refractivity (Wildman–Crippen MR) is 108 cm³/mol. The lowest BCUT2D eigenvalue weighted by atomic mass is 10.1. The molecule has 0 amide bonds. The first-order chi connectivity index (χ1) is 13.1. The molecule has 3 aromatic rings. The molecule has 27 heavy (non-hydrogen) atoms. The highest BCUT2D eigenvalue weighted by atomic mass is 16.3. The zero-order valence-corrected chi connectivity index (χ0v) is 15.2.